The first kappa shape index (κ1) is 12.6. The van der Waals surface area contributed by atoms with Gasteiger partial charge in [-0.1, -0.05) is 11.6 Å². The molecule has 0 saturated carbocycles. The lowest BCUT2D eigenvalue weighted by molar-refractivity contribution is -0.123. The molecule has 0 aromatic heterocycles. The number of hydrogen-bond acceptors (Lipinski definition) is 2. The Kier molecular flexibility index (Phi) is 3.64. The molecule has 1 amide bonds. The second kappa shape index (κ2) is 4.61. The Morgan fingerprint density at radius 2 is 2.06 bits per heavy atom. The number of carbonyl (C=O) groups excluding carboxylic acids is 1. The summed E-state index contributed by atoms with van der Waals surface area (Å²) in [5, 5.41) is 1.75. The quantitative estimate of drug-likeness (QED) is 0.793. The molecule has 0 spiro atoms. The molecular formula is C9H8ClF3N2O. The van der Waals surface area contributed by atoms with Crippen LogP contribution in [0, 0.1) is 0 Å². The van der Waals surface area contributed by atoms with Gasteiger partial charge in [0.1, 0.15) is 6.54 Å². The van der Waals surface area contributed by atoms with Gasteiger partial charge in [0.25, 0.3) is 5.91 Å². The highest BCUT2D eigenvalue weighted by Gasteiger charge is 2.28. The summed E-state index contributed by atoms with van der Waals surface area (Å²) < 4.78 is 35.5. The summed E-state index contributed by atoms with van der Waals surface area (Å²) in [5.41, 5.74) is 5.56. The van der Waals surface area contributed by atoms with Crippen LogP contribution in [0.3, 0.4) is 0 Å². The van der Waals surface area contributed by atoms with Crippen LogP contribution < -0.4 is 11.1 Å². The maximum atomic E-state index is 11.8. The van der Waals surface area contributed by atoms with E-state index < -0.39 is 18.6 Å². The van der Waals surface area contributed by atoms with Crippen LogP contribution >= 0.6 is 11.6 Å². The van der Waals surface area contributed by atoms with Gasteiger partial charge in [-0.15, -0.1) is 0 Å². The van der Waals surface area contributed by atoms with Crippen LogP contribution in [0.2, 0.25) is 5.02 Å². The third kappa shape index (κ3) is 3.62. The highest BCUT2D eigenvalue weighted by atomic mass is 35.5. The monoisotopic (exact) mass is 252 g/mol. The van der Waals surface area contributed by atoms with Crippen LogP contribution in [0.5, 0.6) is 0 Å². The standard InChI is InChI=1S/C9H8ClF3N2O/c10-7-2-1-5(14)3-6(7)8(16)15-4-9(11,12)13/h1-3H,4,14H2,(H,15,16). The molecule has 0 radical (unpaired) electrons. The number of nitrogen functional groups attached to an aromatic ring is 1. The molecule has 0 atom stereocenters. The summed E-state index contributed by atoms with van der Waals surface area (Å²) in [6.45, 7) is -1.41. The van der Waals surface area contributed by atoms with Gasteiger partial charge in [0.15, 0.2) is 0 Å². The minimum absolute atomic E-state index is 0.0499. The molecule has 0 unspecified atom stereocenters. The van der Waals surface area contributed by atoms with E-state index in [4.69, 9.17) is 17.3 Å². The van der Waals surface area contributed by atoms with Crippen molar-refractivity contribution in [1.82, 2.24) is 5.32 Å². The molecule has 1 aromatic carbocycles. The van der Waals surface area contributed by atoms with Gasteiger partial charge < -0.3 is 11.1 Å². The van der Waals surface area contributed by atoms with Crippen molar-refractivity contribution in [3.63, 3.8) is 0 Å². The molecule has 0 aliphatic heterocycles. The van der Waals surface area contributed by atoms with E-state index in [2.05, 4.69) is 0 Å². The molecule has 0 saturated heterocycles. The first-order valence-electron chi connectivity index (χ1n) is 4.19. The Morgan fingerprint density at radius 3 is 2.62 bits per heavy atom. The van der Waals surface area contributed by atoms with E-state index in [1.165, 1.54) is 18.2 Å². The van der Waals surface area contributed by atoms with Crippen LogP contribution in [-0.4, -0.2) is 18.6 Å². The molecule has 7 heteroatoms. The predicted octanol–water partition coefficient (Wildman–Crippen LogP) is 2.21. The van der Waals surface area contributed by atoms with Gasteiger partial charge in [-0.05, 0) is 18.2 Å². The largest absolute Gasteiger partial charge is 0.405 e. The third-order valence-electron chi connectivity index (χ3n) is 1.68. The molecule has 16 heavy (non-hydrogen) atoms. The minimum Gasteiger partial charge on any atom is -0.399 e. The fraction of sp³-hybridized carbons (Fsp3) is 0.222. The predicted molar refractivity (Wildman–Crippen MR) is 54.3 cm³/mol. The summed E-state index contributed by atoms with van der Waals surface area (Å²) in [7, 11) is 0. The zero-order chi connectivity index (χ0) is 12.3. The summed E-state index contributed by atoms with van der Waals surface area (Å²) in [4.78, 5) is 11.3. The topological polar surface area (TPSA) is 55.1 Å². The lowest BCUT2D eigenvalue weighted by atomic mass is 10.2. The summed E-state index contributed by atoms with van der Waals surface area (Å²) in [6.07, 6.45) is -4.46. The van der Waals surface area contributed by atoms with Crippen LogP contribution in [0.25, 0.3) is 0 Å². The number of hydrogen-bond donors (Lipinski definition) is 2. The molecule has 0 bridgehead atoms. The Hall–Kier alpha value is -1.43. The summed E-state index contributed by atoms with van der Waals surface area (Å²) in [5.74, 6) is -0.908. The molecule has 3 nitrogen and oxygen atoms in total. The Labute approximate surface area is 94.4 Å². The summed E-state index contributed by atoms with van der Waals surface area (Å²) >= 11 is 5.64. The fourth-order valence-electron chi connectivity index (χ4n) is 0.993. The first-order chi connectivity index (χ1) is 7.29. The smallest absolute Gasteiger partial charge is 0.399 e. The van der Waals surface area contributed by atoms with Crippen molar-refractivity contribution in [1.29, 1.82) is 0 Å². The van der Waals surface area contributed by atoms with Gasteiger partial charge >= 0.3 is 6.18 Å². The molecule has 1 aromatic rings. The van der Waals surface area contributed by atoms with Crippen LogP contribution in [0.1, 0.15) is 10.4 Å². The Balaban J connectivity index is 2.77. The highest BCUT2D eigenvalue weighted by molar-refractivity contribution is 6.34. The zero-order valence-corrected chi connectivity index (χ0v) is 8.69. The molecule has 0 aliphatic carbocycles. The van der Waals surface area contributed by atoms with Gasteiger partial charge in [0.2, 0.25) is 0 Å². The average Bonchev–Trinajstić information content (AvgIpc) is 2.17. The van der Waals surface area contributed by atoms with Crippen molar-refractivity contribution in [2.24, 2.45) is 0 Å². The molecular weight excluding hydrogens is 245 g/mol. The lowest BCUT2D eigenvalue weighted by Gasteiger charge is -2.09. The van der Waals surface area contributed by atoms with Gasteiger partial charge in [-0.3, -0.25) is 4.79 Å². The Bertz CT molecular complexity index is 406. The SMILES string of the molecule is Nc1ccc(Cl)c(C(=O)NCC(F)(F)F)c1. The Morgan fingerprint density at radius 1 is 1.44 bits per heavy atom. The zero-order valence-electron chi connectivity index (χ0n) is 7.94. The van der Waals surface area contributed by atoms with Gasteiger partial charge in [0, 0.05) is 5.69 Å². The van der Waals surface area contributed by atoms with E-state index in [-0.39, 0.29) is 16.3 Å². The van der Waals surface area contributed by atoms with E-state index in [1.54, 1.807) is 5.32 Å². The molecule has 0 aliphatic rings. The number of amides is 1. The van der Waals surface area contributed by atoms with Crippen molar-refractivity contribution >= 4 is 23.2 Å². The van der Waals surface area contributed by atoms with Crippen molar-refractivity contribution in [2.75, 3.05) is 12.3 Å². The van der Waals surface area contributed by atoms with E-state index in [0.717, 1.165) is 0 Å². The molecule has 88 valence electrons. The van der Waals surface area contributed by atoms with E-state index >= 15 is 0 Å². The number of carbonyl (C=O) groups is 1. The number of nitrogens with one attached hydrogen (secondary N) is 1. The van der Waals surface area contributed by atoms with E-state index in [9.17, 15) is 18.0 Å². The van der Waals surface area contributed by atoms with E-state index in [0.29, 0.717) is 0 Å². The number of nitrogens with two attached hydrogens (primary N) is 1. The summed E-state index contributed by atoms with van der Waals surface area (Å²) in [6, 6.07) is 4.01. The maximum Gasteiger partial charge on any atom is 0.405 e. The average molecular weight is 253 g/mol. The minimum atomic E-state index is -4.46. The van der Waals surface area contributed by atoms with Crippen LogP contribution in [-0.2, 0) is 0 Å². The number of anilines is 1. The first-order valence-corrected chi connectivity index (χ1v) is 4.57. The van der Waals surface area contributed by atoms with Gasteiger partial charge in [-0.2, -0.15) is 13.2 Å². The molecule has 1 rings (SSSR count). The van der Waals surface area contributed by atoms with Gasteiger partial charge in [-0.25, -0.2) is 0 Å². The molecule has 0 fully saturated rings. The van der Waals surface area contributed by atoms with Crippen molar-refractivity contribution in [3.8, 4) is 0 Å². The van der Waals surface area contributed by atoms with Crippen molar-refractivity contribution < 1.29 is 18.0 Å². The normalized spacial score (nSPS) is 11.2. The molecule has 0 heterocycles. The lowest BCUT2D eigenvalue weighted by Crippen LogP contribution is -2.33. The van der Waals surface area contributed by atoms with Crippen molar-refractivity contribution in [3.05, 3.63) is 28.8 Å². The second-order valence-electron chi connectivity index (χ2n) is 3.04. The number of alkyl halides is 3. The van der Waals surface area contributed by atoms with Crippen LogP contribution in [0.4, 0.5) is 18.9 Å². The number of halogens is 4. The van der Waals surface area contributed by atoms with Crippen molar-refractivity contribution in [2.45, 2.75) is 6.18 Å². The second-order valence-corrected chi connectivity index (χ2v) is 3.44. The van der Waals surface area contributed by atoms with E-state index in [1.807, 2.05) is 0 Å². The number of benzene rings is 1. The fourth-order valence-corrected chi connectivity index (χ4v) is 1.20. The number of rotatable bonds is 2. The van der Waals surface area contributed by atoms with Crippen LogP contribution in [0.15, 0.2) is 18.2 Å². The maximum absolute atomic E-state index is 11.8. The highest BCUT2D eigenvalue weighted by Crippen LogP contribution is 2.19. The molecule has 3 N–H and O–H groups in total. The third-order valence-corrected chi connectivity index (χ3v) is 2.01. The van der Waals surface area contributed by atoms with Gasteiger partial charge in [0.05, 0.1) is 10.6 Å².